The number of carbonyl (C=O) groups is 1. The lowest BCUT2D eigenvalue weighted by Crippen LogP contribution is -2.15. The monoisotopic (exact) mass is 316 g/mol. The highest BCUT2D eigenvalue weighted by molar-refractivity contribution is 5.88. The van der Waals surface area contributed by atoms with Crippen molar-refractivity contribution in [3.8, 4) is 0 Å². The van der Waals surface area contributed by atoms with Crippen LogP contribution in [0.3, 0.4) is 0 Å². The van der Waals surface area contributed by atoms with Gasteiger partial charge in [-0.2, -0.15) is 0 Å². The van der Waals surface area contributed by atoms with Crippen LogP contribution < -0.4 is 5.32 Å². The van der Waals surface area contributed by atoms with Crippen LogP contribution in [-0.2, 0) is 11.3 Å². The number of unbranched alkanes of at least 4 members (excludes halogenated alkanes) is 2. The summed E-state index contributed by atoms with van der Waals surface area (Å²) in [6.07, 6.45) is 2.78. The maximum atomic E-state index is 10.5. The molecule has 0 aliphatic heterocycles. The van der Waals surface area contributed by atoms with Gasteiger partial charge in [-0.1, -0.05) is 18.6 Å². The van der Waals surface area contributed by atoms with Gasteiger partial charge in [-0.05, 0) is 39.1 Å². The first kappa shape index (κ1) is 17.1. The zero-order chi connectivity index (χ0) is 16.7. The Hall–Kier alpha value is -2.21. The molecule has 1 heterocycles. The normalized spacial score (nSPS) is 11.1. The number of hydrogen-bond donors (Lipinski definition) is 2. The number of rotatable bonds is 9. The van der Waals surface area contributed by atoms with Crippen LogP contribution in [0.5, 0.6) is 0 Å². The van der Waals surface area contributed by atoms with Crippen molar-refractivity contribution in [2.24, 2.45) is 0 Å². The Morgan fingerprint density at radius 2 is 1.96 bits per heavy atom. The van der Waals surface area contributed by atoms with Crippen molar-refractivity contribution in [2.45, 2.75) is 32.2 Å². The Kier molecular flexibility index (Phi) is 6.29. The zero-order valence-corrected chi connectivity index (χ0v) is 13.7. The molecule has 0 aliphatic rings. The Morgan fingerprint density at radius 3 is 2.70 bits per heavy atom. The van der Waals surface area contributed by atoms with Crippen LogP contribution in [0.25, 0.3) is 10.9 Å². The van der Waals surface area contributed by atoms with Crippen molar-refractivity contribution in [1.82, 2.24) is 14.9 Å². The molecular weight excluding hydrogens is 292 g/mol. The molecule has 0 saturated heterocycles. The zero-order valence-electron chi connectivity index (χ0n) is 13.7. The Balaban J connectivity index is 2.01. The van der Waals surface area contributed by atoms with Gasteiger partial charge in [0.05, 0.1) is 12.1 Å². The van der Waals surface area contributed by atoms with Crippen molar-refractivity contribution in [3.63, 3.8) is 0 Å². The summed E-state index contributed by atoms with van der Waals surface area (Å²) in [5, 5.41) is 13.0. The fourth-order valence-corrected chi connectivity index (χ4v) is 2.40. The number of hydrogen-bond acceptors (Lipinski definition) is 5. The predicted molar refractivity (Wildman–Crippen MR) is 91.5 cm³/mol. The largest absolute Gasteiger partial charge is 0.481 e. The van der Waals surface area contributed by atoms with Gasteiger partial charge in [0.1, 0.15) is 11.6 Å². The van der Waals surface area contributed by atoms with Crippen LogP contribution in [0.2, 0.25) is 0 Å². The van der Waals surface area contributed by atoms with Gasteiger partial charge in [-0.25, -0.2) is 9.97 Å². The van der Waals surface area contributed by atoms with Crippen LogP contribution in [0, 0.1) is 0 Å². The van der Waals surface area contributed by atoms with Gasteiger partial charge in [0.25, 0.3) is 0 Å². The summed E-state index contributed by atoms with van der Waals surface area (Å²) in [6, 6.07) is 7.97. The van der Waals surface area contributed by atoms with E-state index in [9.17, 15) is 4.79 Å². The van der Waals surface area contributed by atoms with Crippen molar-refractivity contribution >= 4 is 22.7 Å². The first-order chi connectivity index (χ1) is 11.1. The summed E-state index contributed by atoms with van der Waals surface area (Å²) >= 11 is 0. The highest BCUT2D eigenvalue weighted by atomic mass is 16.4. The Labute approximate surface area is 136 Å². The fourth-order valence-electron chi connectivity index (χ4n) is 2.40. The van der Waals surface area contributed by atoms with Crippen LogP contribution in [-0.4, -0.2) is 46.6 Å². The van der Waals surface area contributed by atoms with Gasteiger partial charge in [0.15, 0.2) is 0 Å². The standard InChI is InChI=1S/C17H24N4O2/c1-21(2)12-15-19-14-9-6-5-8-13(14)17(20-15)18-11-7-3-4-10-16(22)23/h5-6,8-9H,3-4,7,10-12H2,1-2H3,(H,22,23)(H,18,19,20). The third-order valence-corrected chi connectivity index (χ3v) is 3.47. The van der Waals surface area contributed by atoms with E-state index in [1.807, 2.05) is 43.3 Å². The number of anilines is 1. The number of aromatic nitrogens is 2. The number of carboxylic acids is 1. The maximum absolute atomic E-state index is 10.5. The number of para-hydroxylation sites is 1. The minimum absolute atomic E-state index is 0.240. The van der Waals surface area contributed by atoms with Crippen molar-refractivity contribution in [3.05, 3.63) is 30.1 Å². The lowest BCUT2D eigenvalue weighted by Gasteiger charge is -2.13. The Morgan fingerprint density at radius 1 is 1.17 bits per heavy atom. The van der Waals surface area contributed by atoms with E-state index < -0.39 is 5.97 Å². The molecule has 0 radical (unpaired) electrons. The van der Waals surface area contributed by atoms with E-state index in [4.69, 9.17) is 5.11 Å². The quantitative estimate of drug-likeness (QED) is 0.693. The third kappa shape index (κ3) is 5.49. The molecule has 0 saturated carbocycles. The van der Waals surface area contributed by atoms with E-state index in [1.165, 1.54) is 0 Å². The van der Waals surface area contributed by atoms with Gasteiger partial charge in [0.2, 0.25) is 0 Å². The fraction of sp³-hybridized carbons (Fsp3) is 0.471. The van der Waals surface area contributed by atoms with Crippen molar-refractivity contribution in [1.29, 1.82) is 0 Å². The number of fused-ring (bicyclic) bond motifs is 1. The van der Waals surface area contributed by atoms with Gasteiger partial charge >= 0.3 is 5.97 Å². The van der Waals surface area contributed by atoms with Crippen molar-refractivity contribution < 1.29 is 9.90 Å². The second-order valence-electron chi connectivity index (χ2n) is 5.87. The second-order valence-corrected chi connectivity index (χ2v) is 5.87. The van der Waals surface area contributed by atoms with E-state index in [0.717, 1.165) is 41.9 Å². The lowest BCUT2D eigenvalue weighted by atomic mass is 10.2. The molecular formula is C17H24N4O2. The van der Waals surface area contributed by atoms with E-state index >= 15 is 0 Å². The summed E-state index contributed by atoms with van der Waals surface area (Å²) in [4.78, 5) is 21.8. The topological polar surface area (TPSA) is 78.4 Å². The number of benzene rings is 1. The molecule has 0 fully saturated rings. The molecule has 2 rings (SSSR count). The summed E-state index contributed by atoms with van der Waals surface area (Å²) in [7, 11) is 3.99. The van der Waals surface area contributed by atoms with Gasteiger partial charge in [-0.15, -0.1) is 0 Å². The summed E-state index contributed by atoms with van der Waals surface area (Å²) in [6.45, 7) is 1.47. The molecule has 0 aliphatic carbocycles. The molecule has 6 nitrogen and oxygen atoms in total. The molecule has 0 unspecified atom stereocenters. The predicted octanol–water partition coefficient (Wildman–Crippen LogP) is 2.75. The number of nitrogens with one attached hydrogen (secondary N) is 1. The first-order valence-electron chi connectivity index (χ1n) is 7.92. The number of nitrogens with zero attached hydrogens (tertiary/aromatic N) is 3. The van der Waals surface area contributed by atoms with Crippen LogP contribution in [0.15, 0.2) is 24.3 Å². The second kappa shape index (κ2) is 8.43. The molecule has 0 bridgehead atoms. The molecule has 0 spiro atoms. The summed E-state index contributed by atoms with van der Waals surface area (Å²) in [5.41, 5.74) is 0.938. The smallest absolute Gasteiger partial charge is 0.303 e. The first-order valence-corrected chi connectivity index (χ1v) is 7.92. The minimum atomic E-state index is -0.729. The van der Waals surface area contributed by atoms with Crippen LogP contribution >= 0.6 is 0 Å². The number of aliphatic carboxylic acids is 1. The average molecular weight is 316 g/mol. The molecule has 2 N–H and O–H groups in total. The molecule has 124 valence electrons. The summed E-state index contributed by atoms with van der Waals surface area (Å²) < 4.78 is 0. The molecule has 2 aromatic rings. The molecule has 6 heteroatoms. The minimum Gasteiger partial charge on any atom is -0.481 e. The molecule has 1 aromatic carbocycles. The third-order valence-electron chi connectivity index (χ3n) is 3.47. The van der Waals surface area contributed by atoms with Gasteiger partial charge < -0.3 is 15.3 Å². The highest BCUT2D eigenvalue weighted by Crippen LogP contribution is 2.20. The Bertz CT molecular complexity index is 658. The van der Waals surface area contributed by atoms with Crippen LogP contribution in [0.1, 0.15) is 31.5 Å². The highest BCUT2D eigenvalue weighted by Gasteiger charge is 2.08. The average Bonchev–Trinajstić information content (AvgIpc) is 2.49. The summed E-state index contributed by atoms with van der Waals surface area (Å²) in [5.74, 6) is 0.917. The maximum Gasteiger partial charge on any atom is 0.303 e. The van der Waals surface area contributed by atoms with E-state index in [2.05, 4.69) is 15.3 Å². The van der Waals surface area contributed by atoms with E-state index in [0.29, 0.717) is 13.0 Å². The van der Waals surface area contributed by atoms with E-state index in [-0.39, 0.29) is 6.42 Å². The lowest BCUT2D eigenvalue weighted by molar-refractivity contribution is -0.137. The van der Waals surface area contributed by atoms with E-state index in [1.54, 1.807) is 0 Å². The van der Waals surface area contributed by atoms with Gasteiger partial charge in [-0.3, -0.25) is 4.79 Å². The number of carboxylic acid groups (broad SMARTS) is 1. The molecule has 23 heavy (non-hydrogen) atoms. The van der Waals surface area contributed by atoms with Crippen LogP contribution in [0.4, 0.5) is 5.82 Å². The van der Waals surface area contributed by atoms with Gasteiger partial charge in [0, 0.05) is 18.4 Å². The molecule has 1 aromatic heterocycles. The SMILES string of the molecule is CN(C)Cc1nc(NCCCCCC(=O)O)c2ccccc2n1. The van der Waals surface area contributed by atoms with Crippen molar-refractivity contribution in [2.75, 3.05) is 26.0 Å². The molecule has 0 atom stereocenters. The molecule has 0 amide bonds.